The van der Waals surface area contributed by atoms with E-state index < -0.39 is 10.9 Å². The molecule has 0 saturated carbocycles. The lowest BCUT2D eigenvalue weighted by atomic mass is 10.1. The summed E-state index contributed by atoms with van der Waals surface area (Å²) in [4.78, 5) is 21.0. The molecule has 24 heavy (non-hydrogen) atoms. The van der Waals surface area contributed by atoms with Gasteiger partial charge >= 0.3 is 5.97 Å². The lowest BCUT2D eigenvalue weighted by Gasteiger charge is -2.03. The summed E-state index contributed by atoms with van der Waals surface area (Å²) in [6.45, 7) is 0. The van der Waals surface area contributed by atoms with Crippen molar-refractivity contribution in [1.82, 2.24) is 0 Å². The summed E-state index contributed by atoms with van der Waals surface area (Å²) < 4.78 is 0. The van der Waals surface area contributed by atoms with Crippen LogP contribution in [0, 0.1) is 10.1 Å². The second-order valence-electron chi connectivity index (χ2n) is 4.81. The molecule has 0 spiro atoms. The van der Waals surface area contributed by atoms with Crippen molar-refractivity contribution < 1.29 is 19.9 Å². The lowest BCUT2D eigenvalue weighted by molar-refractivity contribution is -0.384. The fourth-order valence-corrected chi connectivity index (χ4v) is 2.06. The number of nitrogens with zero attached hydrogens (tertiary/aromatic N) is 3. The van der Waals surface area contributed by atoms with Crippen molar-refractivity contribution in [3.05, 3.63) is 57.1 Å². The maximum atomic E-state index is 11.0. The van der Waals surface area contributed by atoms with Gasteiger partial charge in [-0.25, -0.2) is 0 Å². The molecule has 0 amide bonds. The Balaban J connectivity index is 2.30. The molecule has 0 bridgehead atoms. The second-order valence-corrected chi connectivity index (χ2v) is 5.24. The Morgan fingerprint density at radius 3 is 2.54 bits per heavy atom. The quantitative estimate of drug-likeness (QED) is 0.454. The van der Waals surface area contributed by atoms with Crippen molar-refractivity contribution in [2.45, 2.75) is 12.8 Å². The van der Waals surface area contributed by atoms with E-state index in [4.69, 9.17) is 16.7 Å². The first-order chi connectivity index (χ1) is 11.4. The van der Waals surface area contributed by atoms with E-state index in [9.17, 15) is 20.0 Å². The van der Waals surface area contributed by atoms with Crippen LogP contribution in [-0.4, -0.2) is 21.1 Å². The smallest absolute Gasteiger partial charge is 0.303 e. The fourth-order valence-electron chi connectivity index (χ4n) is 1.89. The predicted octanol–water partition coefficient (Wildman–Crippen LogP) is 4.39. The zero-order valence-corrected chi connectivity index (χ0v) is 13.0. The minimum Gasteiger partial charge on any atom is -0.506 e. The van der Waals surface area contributed by atoms with Crippen LogP contribution in [0.1, 0.15) is 12.0 Å². The summed E-state index contributed by atoms with van der Waals surface area (Å²) in [5.74, 6) is -1.11. The molecule has 2 N–H and O–H groups in total. The van der Waals surface area contributed by atoms with Crippen LogP contribution in [0.2, 0.25) is 5.02 Å². The topological polar surface area (TPSA) is 125 Å². The third kappa shape index (κ3) is 4.50. The third-order valence-electron chi connectivity index (χ3n) is 3.07. The van der Waals surface area contributed by atoms with Crippen LogP contribution in [0.3, 0.4) is 0 Å². The summed E-state index contributed by atoms with van der Waals surface area (Å²) in [7, 11) is 0. The van der Waals surface area contributed by atoms with E-state index >= 15 is 0 Å². The zero-order chi connectivity index (χ0) is 17.7. The summed E-state index contributed by atoms with van der Waals surface area (Å²) in [6, 6.07) is 8.34. The molecule has 0 aromatic heterocycles. The van der Waals surface area contributed by atoms with Gasteiger partial charge in [-0.15, -0.1) is 10.2 Å². The lowest BCUT2D eigenvalue weighted by Crippen LogP contribution is -1.97. The maximum Gasteiger partial charge on any atom is 0.303 e. The summed E-state index contributed by atoms with van der Waals surface area (Å²) in [5.41, 5.74) is 0.407. The van der Waals surface area contributed by atoms with Crippen molar-refractivity contribution in [3.8, 4) is 5.75 Å². The van der Waals surface area contributed by atoms with Crippen molar-refractivity contribution >= 4 is 34.6 Å². The van der Waals surface area contributed by atoms with E-state index in [1.54, 1.807) is 6.07 Å². The Bertz CT molecular complexity index is 823. The second kappa shape index (κ2) is 7.51. The minimum absolute atomic E-state index is 0.0141. The SMILES string of the molecule is O=C(O)CCc1ccc(O)c(N=Nc2ccc(Cl)cc2[N+](=O)[O-])c1. The molecule has 0 radical (unpaired) electrons. The molecule has 0 atom stereocenters. The van der Waals surface area contributed by atoms with Crippen LogP contribution in [0.25, 0.3) is 0 Å². The Labute approximate surface area is 141 Å². The number of aromatic hydroxyl groups is 1. The van der Waals surface area contributed by atoms with Gasteiger partial charge in [-0.05, 0) is 36.2 Å². The van der Waals surface area contributed by atoms with Crippen LogP contribution in [0.15, 0.2) is 46.6 Å². The van der Waals surface area contributed by atoms with Crippen LogP contribution in [-0.2, 0) is 11.2 Å². The third-order valence-corrected chi connectivity index (χ3v) is 3.30. The molecule has 2 aromatic rings. The van der Waals surface area contributed by atoms with Gasteiger partial charge in [0.25, 0.3) is 5.69 Å². The van der Waals surface area contributed by atoms with Crippen molar-refractivity contribution in [2.75, 3.05) is 0 Å². The van der Waals surface area contributed by atoms with Gasteiger partial charge < -0.3 is 10.2 Å². The standard InChI is InChI=1S/C15H12ClN3O5/c16-10-3-4-11(13(8-10)19(23)24)17-18-12-7-9(1-5-14(12)20)2-6-15(21)22/h1,3-5,7-8,20H,2,6H2,(H,21,22). The van der Waals surface area contributed by atoms with Crippen molar-refractivity contribution in [1.29, 1.82) is 0 Å². The number of hydrogen-bond acceptors (Lipinski definition) is 6. The highest BCUT2D eigenvalue weighted by Gasteiger charge is 2.14. The molecule has 0 fully saturated rings. The number of nitro groups is 1. The van der Waals surface area contributed by atoms with E-state index in [0.29, 0.717) is 5.56 Å². The van der Waals surface area contributed by atoms with Gasteiger partial charge in [0.1, 0.15) is 11.4 Å². The normalized spacial score (nSPS) is 10.9. The van der Waals surface area contributed by atoms with Gasteiger partial charge in [-0.1, -0.05) is 17.7 Å². The van der Waals surface area contributed by atoms with Gasteiger partial charge in [-0.3, -0.25) is 14.9 Å². The van der Waals surface area contributed by atoms with E-state index in [2.05, 4.69) is 10.2 Å². The van der Waals surface area contributed by atoms with Crippen molar-refractivity contribution in [3.63, 3.8) is 0 Å². The van der Waals surface area contributed by atoms with E-state index in [1.165, 1.54) is 24.3 Å². The van der Waals surface area contributed by atoms with Crippen molar-refractivity contribution in [2.24, 2.45) is 10.2 Å². The largest absolute Gasteiger partial charge is 0.506 e. The Kier molecular flexibility index (Phi) is 5.43. The number of carboxylic acid groups (broad SMARTS) is 1. The molecule has 0 aliphatic heterocycles. The van der Waals surface area contributed by atoms with E-state index in [1.807, 2.05) is 0 Å². The predicted molar refractivity (Wildman–Crippen MR) is 86.3 cm³/mol. The summed E-state index contributed by atoms with van der Waals surface area (Å²) >= 11 is 5.72. The van der Waals surface area contributed by atoms with Gasteiger partial charge in [0.05, 0.1) is 4.92 Å². The van der Waals surface area contributed by atoms with Crippen LogP contribution in [0.5, 0.6) is 5.75 Å². The average molecular weight is 350 g/mol. The molecule has 0 unspecified atom stereocenters. The highest BCUT2D eigenvalue weighted by molar-refractivity contribution is 6.30. The number of carbonyl (C=O) groups is 1. The number of benzene rings is 2. The molecule has 124 valence electrons. The minimum atomic E-state index is -0.942. The number of azo groups is 1. The first-order valence-electron chi connectivity index (χ1n) is 6.76. The molecular weight excluding hydrogens is 338 g/mol. The molecule has 2 rings (SSSR count). The molecule has 2 aromatic carbocycles. The molecule has 0 aliphatic rings. The van der Waals surface area contributed by atoms with E-state index in [-0.39, 0.29) is 40.7 Å². The Morgan fingerprint density at radius 2 is 1.88 bits per heavy atom. The summed E-state index contributed by atoms with van der Waals surface area (Å²) in [5, 5.41) is 37.3. The average Bonchev–Trinajstić information content (AvgIpc) is 2.53. The number of phenols is 1. The number of aryl methyl sites for hydroxylation is 1. The molecule has 0 aliphatic carbocycles. The number of aliphatic carboxylic acids is 1. The molecule has 0 heterocycles. The number of hydrogen-bond donors (Lipinski definition) is 2. The molecular formula is C15H12ClN3O5. The van der Waals surface area contributed by atoms with Gasteiger partial charge in [0.2, 0.25) is 0 Å². The highest BCUT2D eigenvalue weighted by Crippen LogP contribution is 2.34. The summed E-state index contributed by atoms with van der Waals surface area (Å²) in [6.07, 6.45) is 0.198. The fraction of sp³-hybridized carbons (Fsp3) is 0.133. The Morgan fingerprint density at radius 1 is 1.17 bits per heavy atom. The monoisotopic (exact) mass is 349 g/mol. The Hall–Kier alpha value is -3.00. The van der Waals surface area contributed by atoms with Crippen LogP contribution < -0.4 is 0 Å². The molecule has 9 heteroatoms. The van der Waals surface area contributed by atoms with Gasteiger partial charge in [0.15, 0.2) is 5.69 Å². The molecule has 8 nitrogen and oxygen atoms in total. The van der Waals surface area contributed by atoms with E-state index in [0.717, 1.165) is 6.07 Å². The number of nitro benzene ring substituents is 1. The first-order valence-corrected chi connectivity index (χ1v) is 7.14. The van der Waals surface area contributed by atoms with Crippen LogP contribution in [0.4, 0.5) is 17.1 Å². The number of halogens is 1. The highest BCUT2D eigenvalue weighted by atomic mass is 35.5. The van der Waals surface area contributed by atoms with Gasteiger partial charge in [0, 0.05) is 17.5 Å². The zero-order valence-electron chi connectivity index (χ0n) is 12.2. The number of rotatable bonds is 6. The van der Waals surface area contributed by atoms with Crippen LogP contribution >= 0.6 is 11.6 Å². The number of phenolic OH excluding ortho intramolecular Hbond substituents is 1. The number of carboxylic acids is 1. The molecule has 0 saturated heterocycles. The first kappa shape index (κ1) is 17.4. The maximum absolute atomic E-state index is 11.0. The van der Waals surface area contributed by atoms with Gasteiger partial charge in [-0.2, -0.15) is 0 Å².